The molecule has 0 aromatic heterocycles. The second-order valence-corrected chi connectivity index (χ2v) is 11.6. The maximum Gasteiger partial charge on any atom is 0.534 e. The average Bonchev–Trinajstić information content (AvgIpc) is 3.17. The van der Waals surface area contributed by atoms with E-state index in [2.05, 4.69) is 9.50 Å². The topological polar surface area (TPSA) is 147 Å². The van der Waals surface area contributed by atoms with Gasteiger partial charge in [-0.1, -0.05) is 34.8 Å². The van der Waals surface area contributed by atoms with Crippen molar-refractivity contribution in [3.05, 3.63) is 29.7 Å². The number of anilines is 1. The lowest BCUT2D eigenvalue weighted by Gasteiger charge is -2.24. The summed E-state index contributed by atoms with van der Waals surface area (Å²) in [5, 5.41) is 2.21. The van der Waals surface area contributed by atoms with E-state index in [1.54, 1.807) is 0 Å². The molecule has 0 saturated heterocycles. The molecule has 218 valence electrons. The van der Waals surface area contributed by atoms with Crippen LogP contribution in [0.1, 0.15) is 23.7 Å². The molecule has 1 atom stereocenters. The molecule has 0 unspecified atom stereocenters. The number of nitrogens with zero attached hydrogens (tertiary/aromatic N) is 1. The summed E-state index contributed by atoms with van der Waals surface area (Å²) < 4.78 is 83.5. The van der Waals surface area contributed by atoms with Gasteiger partial charge < -0.3 is 28.0 Å². The Morgan fingerprint density at radius 3 is 2.28 bits per heavy atom. The Bertz CT molecular complexity index is 1250. The van der Waals surface area contributed by atoms with E-state index in [0.29, 0.717) is 0 Å². The standard InChI is InChI=1S/C20H20Cl3F3N2O10S/c1-10(29)37-16-6-14(27-18(31)36-9-19(21,22)23)13(5-15(16)35-3)17(30)28-7-12(4-11(28)8-34-2)38-39(32,33)20(24,25)26/h5-7,11H,4,8-9H2,1-3H3,(H,27,31)/t11-/m1/s1. The van der Waals surface area contributed by atoms with Crippen molar-refractivity contribution in [1.29, 1.82) is 0 Å². The third-order valence-electron chi connectivity index (χ3n) is 4.60. The highest BCUT2D eigenvalue weighted by Crippen LogP contribution is 2.37. The van der Waals surface area contributed by atoms with E-state index < -0.39 is 62.2 Å². The van der Waals surface area contributed by atoms with E-state index in [1.165, 1.54) is 14.2 Å². The molecular weight excluding hydrogens is 624 g/mol. The smallest absolute Gasteiger partial charge is 0.493 e. The van der Waals surface area contributed by atoms with Crippen molar-refractivity contribution in [3.8, 4) is 11.5 Å². The number of benzene rings is 1. The predicted octanol–water partition coefficient (Wildman–Crippen LogP) is 4.11. The zero-order valence-electron chi connectivity index (χ0n) is 20.1. The molecule has 19 heteroatoms. The lowest BCUT2D eigenvalue weighted by molar-refractivity contribution is -0.132. The highest BCUT2D eigenvalue weighted by Gasteiger charge is 2.49. The van der Waals surface area contributed by atoms with Gasteiger partial charge in [-0.25, -0.2) is 4.79 Å². The number of hydrogen-bond donors (Lipinski definition) is 1. The maximum absolute atomic E-state index is 13.5. The summed E-state index contributed by atoms with van der Waals surface area (Å²) in [6, 6.07) is 1.05. The molecule has 0 bridgehead atoms. The van der Waals surface area contributed by atoms with Gasteiger partial charge in [0.05, 0.1) is 31.0 Å². The minimum Gasteiger partial charge on any atom is -0.493 e. The first-order valence-corrected chi connectivity index (χ1v) is 12.9. The number of amides is 2. The van der Waals surface area contributed by atoms with Crippen LogP contribution in [0.5, 0.6) is 11.5 Å². The van der Waals surface area contributed by atoms with E-state index in [4.69, 9.17) is 53.8 Å². The molecule has 2 rings (SSSR count). The molecule has 1 aromatic rings. The quantitative estimate of drug-likeness (QED) is 0.137. The summed E-state index contributed by atoms with van der Waals surface area (Å²) in [6.07, 6.45) is -0.932. The number of rotatable bonds is 9. The molecule has 0 fully saturated rings. The number of carbonyl (C=O) groups excluding carboxylic acids is 3. The van der Waals surface area contributed by atoms with Crippen molar-refractivity contribution >= 4 is 68.6 Å². The Hall–Kier alpha value is -2.66. The third-order valence-corrected chi connectivity index (χ3v) is 5.93. The SMILES string of the molecule is COC[C@H]1CC(OS(=O)(=O)C(F)(F)F)=CN1C(=O)c1cc(OC)c(OC(C)=O)cc1NC(=O)OCC(Cl)(Cl)Cl. The fourth-order valence-electron chi connectivity index (χ4n) is 3.11. The first-order valence-electron chi connectivity index (χ1n) is 10.3. The summed E-state index contributed by atoms with van der Waals surface area (Å²) >= 11 is 16.7. The number of carbonyl (C=O) groups is 3. The monoisotopic (exact) mass is 642 g/mol. The van der Waals surface area contributed by atoms with E-state index in [1.807, 2.05) is 0 Å². The first kappa shape index (κ1) is 32.6. The molecule has 0 radical (unpaired) electrons. The molecule has 1 N–H and O–H groups in total. The maximum atomic E-state index is 13.5. The molecule has 1 aliphatic heterocycles. The molecule has 0 saturated carbocycles. The van der Waals surface area contributed by atoms with Crippen molar-refractivity contribution in [2.24, 2.45) is 0 Å². The van der Waals surface area contributed by atoms with Gasteiger partial charge >= 0.3 is 27.7 Å². The van der Waals surface area contributed by atoms with Crippen molar-refractivity contribution in [1.82, 2.24) is 4.90 Å². The average molecular weight is 644 g/mol. The zero-order valence-corrected chi connectivity index (χ0v) is 23.2. The fraction of sp³-hybridized carbons (Fsp3) is 0.450. The van der Waals surface area contributed by atoms with Gasteiger partial charge in [-0.05, 0) is 6.07 Å². The van der Waals surface area contributed by atoms with Gasteiger partial charge in [-0.3, -0.25) is 14.9 Å². The first-order chi connectivity index (χ1) is 17.9. The van der Waals surface area contributed by atoms with Crippen molar-refractivity contribution in [2.45, 2.75) is 28.7 Å². The van der Waals surface area contributed by atoms with Crippen LogP contribution in [0.25, 0.3) is 0 Å². The molecule has 39 heavy (non-hydrogen) atoms. The number of esters is 1. The van der Waals surface area contributed by atoms with Crippen LogP contribution < -0.4 is 14.8 Å². The van der Waals surface area contributed by atoms with Gasteiger partial charge in [0.1, 0.15) is 12.4 Å². The van der Waals surface area contributed by atoms with Crippen LogP contribution in [0.3, 0.4) is 0 Å². The molecule has 1 heterocycles. The predicted molar refractivity (Wildman–Crippen MR) is 130 cm³/mol. The van der Waals surface area contributed by atoms with Crippen molar-refractivity contribution < 1.29 is 59.1 Å². The van der Waals surface area contributed by atoms with E-state index in [0.717, 1.165) is 30.2 Å². The second-order valence-electron chi connectivity index (χ2n) is 7.56. The van der Waals surface area contributed by atoms with Crippen LogP contribution in [0.4, 0.5) is 23.7 Å². The normalized spacial score (nSPS) is 15.9. The Kier molecular flexibility index (Phi) is 10.6. The third kappa shape index (κ3) is 8.93. The highest BCUT2D eigenvalue weighted by atomic mass is 35.6. The largest absolute Gasteiger partial charge is 0.534 e. The Labute approximate surface area is 234 Å². The van der Waals surface area contributed by atoms with Crippen LogP contribution in [0.2, 0.25) is 0 Å². The van der Waals surface area contributed by atoms with Crippen LogP contribution in [-0.2, 0) is 28.6 Å². The molecular formula is C20H20Cl3F3N2O10S. The molecule has 2 amide bonds. The van der Waals surface area contributed by atoms with Gasteiger partial charge in [0, 0.05) is 32.7 Å². The van der Waals surface area contributed by atoms with Crippen molar-refractivity contribution in [3.63, 3.8) is 0 Å². The van der Waals surface area contributed by atoms with Gasteiger partial charge in [-0.2, -0.15) is 21.6 Å². The summed E-state index contributed by atoms with van der Waals surface area (Å²) in [6.45, 7) is 0.124. The molecule has 0 spiro atoms. The zero-order chi connectivity index (χ0) is 29.8. The van der Waals surface area contributed by atoms with Crippen molar-refractivity contribution in [2.75, 3.05) is 32.8 Å². The van der Waals surface area contributed by atoms with Gasteiger partial charge in [-0.15, -0.1) is 0 Å². The van der Waals surface area contributed by atoms with Crippen LogP contribution >= 0.6 is 34.8 Å². The molecule has 1 aromatic carbocycles. The minimum atomic E-state index is -6.03. The fourth-order valence-corrected chi connectivity index (χ4v) is 3.76. The number of nitrogens with one attached hydrogen (secondary N) is 1. The van der Waals surface area contributed by atoms with Gasteiger partial charge in [0.25, 0.3) is 5.91 Å². The highest BCUT2D eigenvalue weighted by molar-refractivity contribution is 7.87. The molecule has 0 aliphatic carbocycles. The Morgan fingerprint density at radius 2 is 1.77 bits per heavy atom. The van der Waals surface area contributed by atoms with Gasteiger partial charge in [0.2, 0.25) is 3.79 Å². The van der Waals surface area contributed by atoms with E-state index in [9.17, 15) is 36.0 Å². The Balaban J connectivity index is 2.54. The number of alkyl halides is 6. The van der Waals surface area contributed by atoms with E-state index >= 15 is 0 Å². The van der Waals surface area contributed by atoms with Crippen LogP contribution in [0, 0.1) is 0 Å². The number of ether oxygens (including phenoxy) is 4. The lowest BCUT2D eigenvalue weighted by atomic mass is 10.1. The van der Waals surface area contributed by atoms with E-state index in [-0.39, 0.29) is 29.4 Å². The summed E-state index contributed by atoms with van der Waals surface area (Å²) in [5.41, 5.74) is -6.40. The molecule has 12 nitrogen and oxygen atoms in total. The lowest BCUT2D eigenvalue weighted by Crippen LogP contribution is -2.36. The number of hydrogen-bond acceptors (Lipinski definition) is 10. The summed E-state index contributed by atoms with van der Waals surface area (Å²) in [4.78, 5) is 38.2. The number of halogens is 6. The Morgan fingerprint density at radius 1 is 1.13 bits per heavy atom. The number of methoxy groups -OCH3 is 2. The molecule has 1 aliphatic rings. The minimum absolute atomic E-state index is 0.156. The van der Waals surface area contributed by atoms with Gasteiger partial charge in [0.15, 0.2) is 11.5 Å². The van der Waals surface area contributed by atoms with Crippen LogP contribution in [0.15, 0.2) is 24.1 Å². The van der Waals surface area contributed by atoms with Crippen LogP contribution in [-0.4, -0.2) is 74.1 Å². The summed E-state index contributed by atoms with van der Waals surface area (Å²) in [5.74, 6) is -2.86. The second kappa shape index (κ2) is 12.7. The summed E-state index contributed by atoms with van der Waals surface area (Å²) in [7, 11) is -3.61.